The Balaban J connectivity index is 1.70. The molecule has 2 fully saturated rings. The van der Waals surface area contributed by atoms with Crippen LogP contribution in [-0.4, -0.2) is 45.2 Å². The molecular weight excluding hydrogens is 282 g/mol. The molecule has 3 amide bonds. The minimum atomic E-state index is -0.509. The second-order valence-corrected chi connectivity index (χ2v) is 6.17. The summed E-state index contributed by atoms with van der Waals surface area (Å²) in [6.07, 6.45) is 2.33. The van der Waals surface area contributed by atoms with Crippen LogP contribution >= 0.6 is 0 Å². The molecule has 2 N–H and O–H groups in total. The summed E-state index contributed by atoms with van der Waals surface area (Å²) >= 11 is 0. The SMILES string of the molecule is C[C@@H]1NC(=O)[C@@H](C)N(C(=O)Nc2ccc(C3CC3)nn2)[C@@H]1C. The predicted molar refractivity (Wildman–Crippen MR) is 81.4 cm³/mol. The maximum Gasteiger partial charge on any atom is 0.324 e. The van der Waals surface area contributed by atoms with E-state index in [2.05, 4.69) is 20.8 Å². The minimum Gasteiger partial charge on any atom is -0.350 e. The quantitative estimate of drug-likeness (QED) is 0.866. The monoisotopic (exact) mass is 303 g/mol. The number of carbonyl (C=O) groups excluding carboxylic acids is 2. The number of piperazine rings is 1. The van der Waals surface area contributed by atoms with E-state index in [4.69, 9.17) is 0 Å². The second kappa shape index (κ2) is 5.55. The first-order chi connectivity index (χ1) is 10.5. The van der Waals surface area contributed by atoms with E-state index in [1.165, 1.54) is 0 Å². The maximum atomic E-state index is 12.5. The lowest BCUT2D eigenvalue weighted by Crippen LogP contribution is -2.65. The third-order valence-electron chi connectivity index (χ3n) is 4.48. The molecular formula is C15H21N5O2. The number of hydrogen-bond donors (Lipinski definition) is 2. The highest BCUT2D eigenvalue weighted by Crippen LogP contribution is 2.38. The van der Waals surface area contributed by atoms with Crippen molar-refractivity contribution in [3.05, 3.63) is 17.8 Å². The van der Waals surface area contributed by atoms with Crippen LogP contribution in [0.1, 0.15) is 45.2 Å². The van der Waals surface area contributed by atoms with E-state index in [1.54, 1.807) is 17.9 Å². The number of amides is 3. The molecule has 2 aliphatic rings. The Kier molecular flexibility index (Phi) is 3.72. The number of hydrogen-bond acceptors (Lipinski definition) is 4. The van der Waals surface area contributed by atoms with Gasteiger partial charge in [-0.3, -0.25) is 10.1 Å². The van der Waals surface area contributed by atoms with Crippen molar-refractivity contribution < 1.29 is 9.59 Å². The fraction of sp³-hybridized carbons (Fsp3) is 0.600. The van der Waals surface area contributed by atoms with E-state index in [9.17, 15) is 9.59 Å². The van der Waals surface area contributed by atoms with Crippen LogP contribution in [0.2, 0.25) is 0 Å². The zero-order chi connectivity index (χ0) is 15.9. The Morgan fingerprint density at radius 1 is 1.27 bits per heavy atom. The number of carbonyl (C=O) groups is 2. The highest BCUT2D eigenvalue weighted by atomic mass is 16.2. The molecule has 1 aliphatic heterocycles. The summed E-state index contributed by atoms with van der Waals surface area (Å²) in [6, 6.07) is 2.66. The molecule has 3 rings (SSSR count). The van der Waals surface area contributed by atoms with Crippen LogP contribution in [0.15, 0.2) is 12.1 Å². The summed E-state index contributed by atoms with van der Waals surface area (Å²) in [7, 11) is 0. The molecule has 0 unspecified atom stereocenters. The molecule has 0 radical (unpaired) electrons. The third kappa shape index (κ3) is 2.75. The number of nitrogens with zero attached hydrogens (tertiary/aromatic N) is 3. The van der Waals surface area contributed by atoms with E-state index < -0.39 is 6.04 Å². The summed E-state index contributed by atoms with van der Waals surface area (Å²) in [4.78, 5) is 25.9. The van der Waals surface area contributed by atoms with Gasteiger partial charge in [-0.2, -0.15) is 5.10 Å². The second-order valence-electron chi connectivity index (χ2n) is 6.17. The molecule has 0 aromatic carbocycles. The number of nitrogens with one attached hydrogen (secondary N) is 2. The van der Waals surface area contributed by atoms with Crippen molar-refractivity contribution in [2.75, 3.05) is 5.32 Å². The normalized spacial score (nSPS) is 28.2. The van der Waals surface area contributed by atoms with E-state index >= 15 is 0 Å². The Morgan fingerprint density at radius 2 is 2.00 bits per heavy atom. The van der Waals surface area contributed by atoms with Crippen molar-refractivity contribution >= 4 is 17.8 Å². The number of rotatable bonds is 2. The molecule has 7 heteroatoms. The van der Waals surface area contributed by atoms with Crippen LogP contribution < -0.4 is 10.6 Å². The zero-order valence-corrected chi connectivity index (χ0v) is 13.0. The smallest absolute Gasteiger partial charge is 0.324 e. The Morgan fingerprint density at radius 3 is 2.59 bits per heavy atom. The van der Waals surface area contributed by atoms with Gasteiger partial charge in [0, 0.05) is 12.0 Å². The van der Waals surface area contributed by atoms with E-state index in [0.717, 1.165) is 18.5 Å². The first kappa shape index (κ1) is 14.7. The number of urea groups is 1. The molecule has 2 heterocycles. The average molecular weight is 303 g/mol. The lowest BCUT2D eigenvalue weighted by atomic mass is 10.0. The molecule has 1 aromatic rings. The van der Waals surface area contributed by atoms with Gasteiger partial charge in [-0.15, -0.1) is 5.10 Å². The van der Waals surface area contributed by atoms with Gasteiger partial charge in [0.15, 0.2) is 5.82 Å². The summed E-state index contributed by atoms with van der Waals surface area (Å²) in [5, 5.41) is 13.8. The van der Waals surface area contributed by atoms with Crippen LogP contribution in [0.25, 0.3) is 0 Å². The molecule has 1 saturated heterocycles. The largest absolute Gasteiger partial charge is 0.350 e. The number of aromatic nitrogens is 2. The molecule has 1 saturated carbocycles. The van der Waals surface area contributed by atoms with Crippen molar-refractivity contribution in [1.82, 2.24) is 20.4 Å². The maximum absolute atomic E-state index is 12.5. The molecule has 22 heavy (non-hydrogen) atoms. The molecule has 3 atom stereocenters. The average Bonchev–Trinajstić information content (AvgIpc) is 3.31. The molecule has 0 spiro atoms. The fourth-order valence-corrected chi connectivity index (χ4v) is 2.73. The molecule has 7 nitrogen and oxygen atoms in total. The van der Waals surface area contributed by atoms with Gasteiger partial charge in [-0.25, -0.2) is 4.79 Å². The fourth-order valence-electron chi connectivity index (χ4n) is 2.73. The highest BCUT2D eigenvalue weighted by molar-refractivity contribution is 5.94. The van der Waals surface area contributed by atoms with Crippen molar-refractivity contribution in [2.24, 2.45) is 0 Å². The van der Waals surface area contributed by atoms with E-state index in [0.29, 0.717) is 11.7 Å². The minimum absolute atomic E-state index is 0.0854. The molecule has 0 bridgehead atoms. The van der Waals surface area contributed by atoms with Crippen LogP contribution in [0.4, 0.5) is 10.6 Å². The Hall–Kier alpha value is -2.18. The van der Waals surface area contributed by atoms with Gasteiger partial charge in [0.1, 0.15) is 6.04 Å². The topological polar surface area (TPSA) is 87.2 Å². The Labute approximate surface area is 129 Å². The summed E-state index contributed by atoms with van der Waals surface area (Å²) in [5.74, 6) is 0.798. The van der Waals surface area contributed by atoms with E-state index in [1.807, 2.05) is 19.9 Å². The lowest BCUT2D eigenvalue weighted by molar-refractivity contribution is -0.129. The summed E-state index contributed by atoms with van der Waals surface area (Å²) < 4.78 is 0. The van der Waals surface area contributed by atoms with Gasteiger partial charge >= 0.3 is 6.03 Å². The first-order valence-corrected chi connectivity index (χ1v) is 7.70. The molecule has 1 aliphatic carbocycles. The van der Waals surface area contributed by atoms with Crippen molar-refractivity contribution in [3.8, 4) is 0 Å². The lowest BCUT2D eigenvalue weighted by Gasteiger charge is -2.41. The standard InChI is InChI=1S/C15H21N5O2/c1-8-9(2)20(10(3)14(21)16-8)15(22)17-13-7-6-12(18-19-13)11-4-5-11/h6-11H,4-5H2,1-3H3,(H,16,21)(H,17,19,22)/t8-,9+,10+/m0/s1. The zero-order valence-electron chi connectivity index (χ0n) is 13.0. The summed E-state index contributed by atoms with van der Waals surface area (Å²) in [6.45, 7) is 5.53. The van der Waals surface area contributed by atoms with Crippen LogP contribution in [0.5, 0.6) is 0 Å². The van der Waals surface area contributed by atoms with Gasteiger partial charge in [-0.05, 0) is 45.7 Å². The molecule has 1 aromatic heterocycles. The van der Waals surface area contributed by atoms with Crippen molar-refractivity contribution in [2.45, 2.75) is 57.7 Å². The summed E-state index contributed by atoms with van der Waals surface area (Å²) in [5.41, 5.74) is 0.978. The van der Waals surface area contributed by atoms with Gasteiger partial charge in [0.2, 0.25) is 5.91 Å². The van der Waals surface area contributed by atoms with Crippen LogP contribution in [-0.2, 0) is 4.79 Å². The third-order valence-corrected chi connectivity index (χ3v) is 4.48. The van der Waals surface area contributed by atoms with Gasteiger partial charge in [0.05, 0.1) is 11.7 Å². The van der Waals surface area contributed by atoms with Gasteiger partial charge < -0.3 is 10.2 Å². The van der Waals surface area contributed by atoms with Crippen molar-refractivity contribution in [1.29, 1.82) is 0 Å². The van der Waals surface area contributed by atoms with Crippen LogP contribution in [0.3, 0.4) is 0 Å². The van der Waals surface area contributed by atoms with Crippen molar-refractivity contribution in [3.63, 3.8) is 0 Å². The van der Waals surface area contributed by atoms with E-state index in [-0.39, 0.29) is 24.0 Å². The molecule has 118 valence electrons. The Bertz CT molecular complexity index is 584. The predicted octanol–water partition coefficient (Wildman–Crippen LogP) is 1.48. The first-order valence-electron chi connectivity index (χ1n) is 7.70. The van der Waals surface area contributed by atoms with Gasteiger partial charge in [0.25, 0.3) is 0 Å². The van der Waals surface area contributed by atoms with Gasteiger partial charge in [-0.1, -0.05) is 0 Å². The number of anilines is 1. The highest BCUT2D eigenvalue weighted by Gasteiger charge is 2.38. The van der Waals surface area contributed by atoms with Crippen LogP contribution in [0, 0.1) is 0 Å².